The van der Waals surface area contributed by atoms with Crippen LogP contribution >= 0.6 is 0 Å². The van der Waals surface area contributed by atoms with E-state index in [4.69, 9.17) is 18.9 Å². The van der Waals surface area contributed by atoms with Gasteiger partial charge in [0.15, 0.2) is 5.69 Å². The van der Waals surface area contributed by atoms with Crippen LogP contribution in [0.3, 0.4) is 0 Å². The van der Waals surface area contributed by atoms with E-state index in [1.165, 1.54) is 18.1 Å². The van der Waals surface area contributed by atoms with E-state index in [1.807, 2.05) is 6.92 Å². The second-order valence-corrected chi connectivity index (χ2v) is 11.8. The van der Waals surface area contributed by atoms with E-state index >= 15 is 8.78 Å². The van der Waals surface area contributed by atoms with Crippen LogP contribution in [0.2, 0.25) is 0 Å². The molecular weight excluding hydrogens is 524 g/mol. The second kappa shape index (κ2) is 11.5. The molecule has 1 amide bonds. The Morgan fingerprint density at radius 3 is 2.27 bits per heavy atom. The largest absolute Gasteiger partial charge is 0.497 e. The van der Waals surface area contributed by atoms with Crippen molar-refractivity contribution in [3.8, 4) is 11.6 Å². The van der Waals surface area contributed by atoms with Crippen LogP contribution in [-0.2, 0) is 20.2 Å². The first-order chi connectivity index (χ1) is 18.5. The first-order valence-electron chi connectivity index (χ1n) is 13.3. The van der Waals surface area contributed by atoms with Gasteiger partial charge < -0.3 is 18.9 Å². The first kappa shape index (κ1) is 31.0. The first-order valence-corrected chi connectivity index (χ1v) is 13.3. The number of methoxy groups -OCH3 is 1. The van der Waals surface area contributed by atoms with E-state index in [0.29, 0.717) is 24.7 Å². The third-order valence-electron chi connectivity index (χ3n) is 6.17. The number of rotatable bonds is 8. The maximum atomic E-state index is 15.0. The number of amides is 1. The fourth-order valence-electron chi connectivity index (χ4n) is 4.54. The summed E-state index contributed by atoms with van der Waals surface area (Å²) in [5.74, 6) is -4.76. The monoisotopic (exact) mass is 563 g/mol. The molecule has 1 aliphatic heterocycles. The van der Waals surface area contributed by atoms with Crippen LogP contribution < -0.4 is 9.47 Å². The van der Waals surface area contributed by atoms with E-state index < -0.39 is 58.8 Å². The average molecular weight is 564 g/mol. The van der Waals surface area contributed by atoms with Gasteiger partial charge in [-0.1, -0.05) is 19.9 Å². The molecule has 0 radical (unpaired) electrons. The molecule has 1 fully saturated rings. The van der Waals surface area contributed by atoms with Gasteiger partial charge in [0.2, 0.25) is 5.88 Å². The van der Waals surface area contributed by atoms with Crippen molar-refractivity contribution >= 4 is 23.1 Å². The van der Waals surface area contributed by atoms with Gasteiger partial charge in [0, 0.05) is 12.0 Å². The number of hydrogen-bond acceptors (Lipinski definition) is 8. The lowest BCUT2D eigenvalue weighted by Gasteiger charge is -2.31. The van der Waals surface area contributed by atoms with Crippen molar-refractivity contribution in [2.24, 2.45) is 5.92 Å². The van der Waals surface area contributed by atoms with Gasteiger partial charge in [-0.05, 0) is 66.2 Å². The summed E-state index contributed by atoms with van der Waals surface area (Å²) in [5, 5.41) is 0. The van der Waals surface area contributed by atoms with Crippen LogP contribution in [0, 0.1) is 5.92 Å². The lowest BCUT2D eigenvalue weighted by atomic mass is 9.92. The molecule has 3 rings (SSSR count). The van der Waals surface area contributed by atoms with E-state index in [2.05, 4.69) is 16.5 Å². The molecule has 0 unspecified atom stereocenters. The number of likely N-dealkylation sites (tertiary alicyclic amines) is 1. The van der Waals surface area contributed by atoms with Crippen molar-refractivity contribution in [3.05, 3.63) is 36.5 Å². The Morgan fingerprint density at radius 2 is 1.73 bits per heavy atom. The van der Waals surface area contributed by atoms with Crippen molar-refractivity contribution in [1.82, 2.24) is 14.9 Å². The molecule has 40 heavy (non-hydrogen) atoms. The van der Waals surface area contributed by atoms with E-state index in [0.717, 1.165) is 0 Å². The molecule has 1 aromatic carbocycles. The molecule has 3 atom stereocenters. The molecule has 1 aromatic heterocycles. The standard InChI is InChI=1S/C29H39F2N3O6/c1-10-12-18-21(16-34(26(36)40-28(6,7)8)22(18)25(35)39-27(3,4)5)38-24-23(29(30,31)11-2)32-19-14-13-17(37-9)15-20(19)33-24/h11,13-15,18,21-22H,2,10,12,16H2,1,3-9H3/t18-,21+,22+/m1/s1. The number of ether oxygens (including phenoxy) is 4. The second-order valence-electron chi connectivity index (χ2n) is 11.8. The van der Waals surface area contributed by atoms with Crippen LogP contribution in [0.25, 0.3) is 11.0 Å². The number of benzene rings is 1. The van der Waals surface area contributed by atoms with E-state index in [-0.39, 0.29) is 17.6 Å². The van der Waals surface area contributed by atoms with Crippen molar-refractivity contribution in [1.29, 1.82) is 0 Å². The summed E-state index contributed by atoms with van der Waals surface area (Å²) in [6.45, 7) is 15.4. The highest BCUT2D eigenvalue weighted by atomic mass is 19.3. The van der Waals surface area contributed by atoms with Gasteiger partial charge in [0.05, 0.1) is 24.7 Å². The van der Waals surface area contributed by atoms with Crippen molar-refractivity contribution in [2.75, 3.05) is 13.7 Å². The van der Waals surface area contributed by atoms with Crippen LogP contribution in [0.1, 0.15) is 67.0 Å². The highest BCUT2D eigenvalue weighted by molar-refractivity contribution is 5.83. The minimum atomic E-state index is -3.56. The van der Waals surface area contributed by atoms with Crippen LogP contribution in [0.4, 0.5) is 13.6 Å². The Labute approximate surface area is 233 Å². The van der Waals surface area contributed by atoms with Crippen molar-refractivity contribution < 1.29 is 37.3 Å². The molecule has 0 aliphatic carbocycles. The highest BCUT2D eigenvalue weighted by Gasteiger charge is 2.52. The molecule has 2 heterocycles. The fraction of sp³-hybridized carbons (Fsp3) is 0.586. The summed E-state index contributed by atoms with van der Waals surface area (Å²) in [6.07, 6.45) is -0.0882. The molecule has 0 spiro atoms. The summed E-state index contributed by atoms with van der Waals surface area (Å²) >= 11 is 0. The number of esters is 1. The summed E-state index contributed by atoms with van der Waals surface area (Å²) in [5.41, 5.74) is -1.90. The van der Waals surface area contributed by atoms with E-state index in [1.54, 1.807) is 53.7 Å². The smallest absolute Gasteiger partial charge is 0.411 e. The number of alkyl halides is 2. The number of allylic oxidation sites excluding steroid dienone is 1. The molecule has 1 aliphatic rings. The minimum Gasteiger partial charge on any atom is -0.497 e. The molecule has 2 aromatic rings. The zero-order chi connectivity index (χ0) is 30.0. The number of nitrogens with zero attached hydrogens (tertiary/aromatic N) is 3. The summed E-state index contributed by atoms with van der Waals surface area (Å²) < 4.78 is 52.7. The Balaban J connectivity index is 2.11. The topological polar surface area (TPSA) is 100 Å². The minimum absolute atomic E-state index is 0.111. The molecule has 1 saturated heterocycles. The number of hydrogen-bond donors (Lipinski definition) is 0. The van der Waals surface area contributed by atoms with Crippen LogP contribution in [0.15, 0.2) is 30.9 Å². The van der Waals surface area contributed by atoms with E-state index in [9.17, 15) is 9.59 Å². The van der Waals surface area contributed by atoms with Gasteiger partial charge in [-0.25, -0.2) is 19.6 Å². The summed E-state index contributed by atoms with van der Waals surface area (Å²) in [4.78, 5) is 36.5. The Morgan fingerprint density at radius 1 is 1.07 bits per heavy atom. The predicted octanol–water partition coefficient (Wildman–Crippen LogP) is 6.04. The SMILES string of the molecule is C=CC(F)(F)c1nc2ccc(OC)cc2nc1O[C@H]1CN(C(=O)OC(C)(C)C)[C@H](C(=O)OC(C)(C)C)[C@@H]1CCC. The molecule has 0 bridgehead atoms. The van der Waals surface area contributed by atoms with Crippen molar-refractivity contribution in [2.45, 2.75) is 90.6 Å². The van der Waals surface area contributed by atoms with Crippen LogP contribution in [0.5, 0.6) is 11.6 Å². The summed E-state index contributed by atoms with van der Waals surface area (Å²) in [6, 6.07) is 3.60. The Kier molecular flexibility index (Phi) is 8.96. The molecule has 9 nitrogen and oxygen atoms in total. The molecule has 0 N–H and O–H groups in total. The van der Waals surface area contributed by atoms with Gasteiger partial charge in [-0.2, -0.15) is 8.78 Å². The van der Waals surface area contributed by atoms with Crippen molar-refractivity contribution in [3.63, 3.8) is 0 Å². The van der Waals surface area contributed by atoms with Gasteiger partial charge in [0.1, 0.15) is 29.1 Å². The molecular formula is C29H39F2N3O6. The number of carbonyl (C=O) groups excluding carboxylic acids is 2. The average Bonchev–Trinajstić information content (AvgIpc) is 3.19. The quantitative estimate of drug-likeness (QED) is 0.283. The van der Waals surface area contributed by atoms with Gasteiger partial charge >= 0.3 is 18.0 Å². The predicted molar refractivity (Wildman–Crippen MR) is 146 cm³/mol. The lowest BCUT2D eigenvalue weighted by Crippen LogP contribution is -2.47. The van der Waals surface area contributed by atoms with Gasteiger partial charge in [-0.3, -0.25) is 4.90 Å². The Bertz CT molecular complexity index is 1250. The zero-order valence-corrected chi connectivity index (χ0v) is 24.4. The lowest BCUT2D eigenvalue weighted by molar-refractivity contribution is -0.161. The maximum absolute atomic E-state index is 15.0. The maximum Gasteiger partial charge on any atom is 0.411 e. The third kappa shape index (κ3) is 7.17. The zero-order valence-electron chi connectivity index (χ0n) is 24.4. The molecule has 11 heteroatoms. The fourth-order valence-corrected chi connectivity index (χ4v) is 4.54. The number of carbonyl (C=O) groups is 2. The Hall–Kier alpha value is -3.50. The number of fused-ring (bicyclic) bond motifs is 1. The third-order valence-corrected chi connectivity index (χ3v) is 6.17. The molecule has 0 saturated carbocycles. The van der Waals surface area contributed by atoms with Gasteiger partial charge in [-0.15, -0.1) is 0 Å². The van der Waals surface area contributed by atoms with Gasteiger partial charge in [0.25, 0.3) is 0 Å². The summed E-state index contributed by atoms with van der Waals surface area (Å²) in [7, 11) is 1.47. The number of aromatic nitrogens is 2. The normalized spacial score (nSPS) is 19.9. The number of halogens is 2. The van der Waals surface area contributed by atoms with Crippen LogP contribution in [-0.4, -0.2) is 63.9 Å². The molecule has 220 valence electrons. The highest BCUT2D eigenvalue weighted by Crippen LogP contribution is 2.39.